The van der Waals surface area contributed by atoms with E-state index in [0.29, 0.717) is 50.2 Å². The minimum atomic E-state index is -0.0920. The van der Waals surface area contributed by atoms with E-state index >= 15 is 0 Å². The van der Waals surface area contributed by atoms with Crippen LogP contribution in [0.2, 0.25) is 0 Å². The van der Waals surface area contributed by atoms with E-state index in [2.05, 4.69) is 59.2 Å². The Hall–Kier alpha value is -3.60. The Bertz CT molecular complexity index is 1190. The van der Waals surface area contributed by atoms with Crippen LogP contribution in [-0.2, 0) is 4.79 Å². The molecule has 1 fully saturated rings. The maximum Gasteiger partial charge on any atom is 0.321 e. The van der Waals surface area contributed by atoms with Gasteiger partial charge in [-0.15, -0.1) is 0 Å². The van der Waals surface area contributed by atoms with Crippen LogP contribution >= 0.6 is 0 Å². The average molecular weight is 466 g/mol. The van der Waals surface area contributed by atoms with Gasteiger partial charge in [0.2, 0.25) is 5.91 Å². The predicted octanol–water partition coefficient (Wildman–Crippen LogP) is 5.34. The second-order valence-corrected chi connectivity index (χ2v) is 10.1. The van der Waals surface area contributed by atoms with Crippen molar-refractivity contribution in [1.82, 2.24) is 10.2 Å². The summed E-state index contributed by atoms with van der Waals surface area (Å²) >= 11 is 0. The van der Waals surface area contributed by atoms with Crippen molar-refractivity contribution in [1.29, 1.82) is 0 Å². The zero-order valence-corrected chi connectivity index (χ0v) is 19.8. The van der Waals surface area contributed by atoms with Gasteiger partial charge in [0.15, 0.2) is 0 Å². The molecule has 7 rings (SSSR count). The number of fused-ring (bicyclic) bond motifs is 1. The van der Waals surface area contributed by atoms with E-state index in [0.717, 1.165) is 12.1 Å². The second-order valence-electron chi connectivity index (χ2n) is 10.1. The third-order valence-electron chi connectivity index (χ3n) is 8.14. The van der Waals surface area contributed by atoms with E-state index < -0.39 is 0 Å². The number of amides is 3. The van der Waals surface area contributed by atoms with Gasteiger partial charge in [-0.05, 0) is 59.6 Å². The third kappa shape index (κ3) is 4.09. The Kier molecular flexibility index (Phi) is 5.77. The molecule has 3 aromatic rings. The molecule has 5 heteroatoms. The van der Waals surface area contributed by atoms with Gasteiger partial charge in [0.1, 0.15) is 0 Å². The van der Waals surface area contributed by atoms with Crippen LogP contribution < -0.4 is 10.6 Å². The van der Waals surface area contributed by atoms with Crippen molar-refractivity contribution >= 4 is 17.6 Å². The van der Waals surface area contributed by atoms with E-state index in [-0.39, 0.29) is 17.9 Å². The highest BCUT2D eigenvalue weighted by atomic mass is 16.2. The zero-order chi connectivity index (χ0) is 23.8. The lowest BCUT2D eigenvalue weighted by Crippen LogP contribution is -2.46. The SMILES string of the molecule is O=C(NCC1CC2c3ccccc3C1c1ccccc12)C1CCN(C(=O)Nc2ccccc2)CC1. The molecule has 0 spiro atoms. The van der Waals surface area contributed by atoms with Crippen LogP contribution in [0.5, 0.6) is 0 Å². The molecular weight excluding hydrogens is 434 g/mol. The van der Waals surface area contributed by atoms with Crippen molar-refractivity contribution in [2.45, 2.75) is 31.1 Å². The number of piperidine rings is 1. The zero-order valence-electron chi connectivity index (χ0n) is 19.8. The van der Waals surface area contributed by atoms with E-state index in [1.165, 1.54) is 22.3 Å². The maximum atomic E-state index is 13.1. The Labute approximate surface area is 206 Å². The molecule has 2 bridgehead atoms. The molecule has 3 aromatic carbocycles. The molecule has 5 nitrogen and oxygen atoms in total. The Balaban J connectivity index is 1.06. The molecular formula is C30H31N3O2. The molecule has 1 saturated heterocycles. The van der Waals surface area contributed by atoms with Gasteiger partial charge < -0.3 is 15.5 Å². The molecule has 0 radical (unpaired) electrons. The summed E-state index contributed by atoms with van der Waals surface area (Å²) in [6.07, 6.45) is 2.49. The smallest absolute Gasteiger partial charge is 0.321 e. The van der Waals surface area contributed by atoms with Gasteiger partial charge in [-0.25, -0.2) is 4.79 Å². The fraction of sp³-hybridized carbons (Fsp3) is 0.333. The van der Waals surface area contributed by atoms with E-state index in [4.69, 9.17) is 0 Å². The topological polar surface area (TPSA) is 61.4 Å². The van der Waals surface area contributed by atoms with Gasteiger partial charge in [0, 0.05) is 43.1 Å². The number of rotatable bonds is 4. The lowest BCUT2D eigenvalue weighted by Gasteiger charge is -2.45. The number of hydrogen-bond acceptors (Lipinski definition) is 2. The second kappa shape index (κ2) is 9.21. The molecule has 1 heterocycles. The largest absolute Gasteiger partial charge is 0.356 e. The van der Waals surface area contributed by atoms with Crippen LogP contribution in [0.15, 0.2) is 78.9 Å². The molecule has 1 atom stereocenters. The van der Waals surface area contributed by atoms with Gasteiger partial charge in [0.05, 0.1) is 0 Å². The van der Waals surface area contributed by atoms with Crippen molar-refractivity contribution in [3.8, 4) is 0 Å². The van der Waals surface area contributed by atoms with Crippen LogP contribution in [-0.4, -0.2) is 36.5 Å². The van der Waals surface area contributed by atoms with Crippen molar-refractivity contribution in [3.05, 3.63) is 101 Å². The molecule has 1 unspecified atom stereocenters. The number of nitrogens with zero attached hydrogens (tertiary/aromatic N) is 1. The summed E-state index contributed by atoms with van der Waals surface area (Å²) in [6, 6.07) is 27.1. The number of nitrogens with one attached hydrogen (secondary N) is 2. The van der Waals surface area contributed by atoms with E-state index in [9.17, 15) is 9.59 Å². The minimum Gasteiger partial charge on any atom is -0.356 e. The summed E-state index contributed by atoms with van der Waals surface area (Å²) in [5.41, 5.74) is 6.57. The molecule has 1 aliphatic heterocycles. The number of para-hydroxylation sites is 1. The fourth-order valence-corrected chi connectivity index (χ4v) is 6.40. The van der Waals surface area contributed by atoms with Gasteiger partial charge in [0.25, 0.3) is 0 Å². The molecule has 4 aliphatic rings. The monoisotopic (exact) mass is 465 g/mol. The highest BCUT2D eigenvalue weighted by Crippen LogP contribution is 2.55. The highest BCUT2D eigenvalue weighted by molar-refractivity contribution is 5.89. The number of hydrogen-bond donors (Lipinski definition) is 2. The number of benzene rings is 3. The van der Waals surface area contributed by atoms with Gasteiger partial charge in [-0.2, -0.15) is 0 Å². The van der Waals surface area contributed by atoms with Crippen LogP contribution in [0.4, 0.5) is 10.5 Å². The maximum absolute atomic E-state index is 13.1. The molecule has 3 amide bonds. The minimum absolute atomic E-state index is 0.0314. The van der Waals surface area contributed by atoms with Crippen molar-refractivity contribution in [2.75, 3.05) is 25.0 Å². The summed E-state index contributed by atoms with van der Waals surface area (Å²) in [4.78, 5) is 27.5. The third-order valence-corrected chi connectivity index (χ3v) is 8.14. The standard InChI is InChI=1S/C30H31N3O2/c34-29(20-14-16-33(17-15-20)30(35)32-22-8-2-1-3-9-22)31-19-21-18-27-23-10-4-6-12-25(23)28(21)26-13-7-5-11-24(26)27/h1-13,20-21,27-28H,14-19H2,(H,31,34)(H,32,35). The summed E-state index contributed by atoms with van der Waals surface area (Å²) in [6.45, 7) is 1.91. The van der Waals surface area contributed by atoms with Gasteiger partial charge in [-0.1, -0.05) is 66.7 Å². The summed E-state index contributed by atoms with van der Waals surface area (Å²) in [5, 5.41) is 6.24. The molecule has 2 N–H and O–H groups in total. The lowest BCUT2D eigenvalue weighted by molar-refractivity contribution is -0.126. The number of carbonyl (C=O) groups excluding carboxylic acids is 2. The number of urea groups is 1. The van der Waals surface area contributed by atoms with Crippen LogP contribution in [0.1, 0.15) is 53.4 Å². The van der Waals surface area contributed by atoms with Crippen molar-refractivity contribution in [3.63, 3.8) is 0 Å². The molecule has 0 saturated carbocycles. The Morgan fingerprint density at radius 3 is 1.97 bits per heavy atom. The highest BCUT2D eigenvalue weighted by Gasteiger charge is 2.43. The van der Waals surface area contributed by atoms with Crippen molar-refractivity contribution < 1.29 is 9.59 Å². The first-order valence-electron chi connectivity index (χ1n) is 12.8. The van der Waals surface area contributed by atoms with Crippen molar-refractivity contribution in [2.24, 2.45) is 11.8 Å². The van der Waals surface area contributed by atoms with Crippen LogP contribution in [0, 0.1) is 11.8 Å². The van der Waals surface area contributed by atoms with Crippen LogP contribution in [0.3, 0.4) is 0 Å². The predicted molar refractivity (Wildman–Crippen MR) is 137 cm³/mol. The number of anilines is 1. The average Bonchev–Trinajstić information content (AvgIpc) is 2.92. The first-order valence-corrected chi connectivity index (χ1v) is 12.8. The molecule has 178 valence electrons. The molecule has 0 aromatic heterocycles. The summed E-state index contributed by atoms with van der Waals surface area (Å²) in [7, 11) is 0. The quantitative estimate of drug-likeness (QED) is 0.546. The van der Waals surface area contributed by atoms with E-state index in [1.807, 2.05) is 35.2 Å². The number of carbonyl (C=O) groups is 2. The fourth-order valence-electron chi connectivity index (χ4n) is 6.40. The van der Waals surface area contributed by atoms with E-state index in [1.54, 1.807) is 0 Å². The Morgan fingerprint density at radius 1 is 0.771 bits per heavy atom. The first-order chi connectivity index (χ1) is 17.2. The first kappa shape index (κ1) is 21.9. The number of likely N-dealkylation sites (tertiary alicyclic amines) is 1. The Morgan fingerprint density at radius 2 is 1.34 bits per heavy atom. The van der Waals surface area contributed by atoms with Crippen LogP contribution in [0.25, 0.3) is 0 Å². The lowest BCUT2D eigenvalue weighted by atomic mass is 9.59. The summed E-state index contributed by atoms with van der Waals surface area (Å²) < 4.78 is 0. The van der Waals surface area contributed by atoms with Gasteiger partial charge >= 0.3 is 6.03 Å². The normalized spacial score (nSPS) is 22.7. The summed E-state index contributed by atoms with van der Waals surface area (Å²) in [5.74, 6) is 1.27. The molecule has 35 heavy (non-hydrogen) atoms. The molecule has 3 aliphatic carbocycles. The van der Waals surface area contributed by atoms with Gasteiger partial charge in [-0.3, -0.25) is 4.79 Å².